The van der Waals surface area contributed by atoms with Gasteiger partial charge in [-0.15, -0.1) is 0 Å². The van der Waals surface area contributed by atoms with E-state index in [0.29, 0.717) is 0 Å². The maximum atomic E-state index is 7.31. The van der Waals surface area contributed by atoms with Crippen molar-refractivity contribution in [2.45, 2.75) is 31.2 Å². The van der Waals surface area contributed by atoms with E-state index in [-0.39, 0.29) is 5.92 Å². The molecule has 0 aliphatic carbocycles. The maximum Gasteiger partial charge on any atom is 0.185 e. The van der Waals surface area contributed by atoms with Crippen LogP contribution in [0.3, 0.4) is 0 Å². The summed E-state index contributed by atoms with van der Waals surface area (Å²) in [6.45, 7) is 6.84. The van der Waals surface area contributed by atoms with Crippen LogP contribution < -0.4 is 0 Å². The van der Waals surface area contributed by atoms with Gasteiger partial charge in [0, 0.05) is 5.92 Å². The molecule has 0 atom stereocenters. The van der Waals surface area contributed by atoms with Gasteiger partial charge in [-0.25, -0.2) is 0 Å². The van der Waals surface area contributed by atoms with Crippen LogP contribution in [0.5, 0.6) is 0 Å². The summed E-state index contributed by atoms with van der Waals surface area (Å²) >= 11 is 0. The van der Waals surface area contributed by atoms with Gasteiger partial charge in [0.1, 0.15) is 5.60 Å². The highest BCUT2D eigenvalue weighted by atomic mass is 28.4. The van der Waals surface area contributed by atoms with Crippen molar-refractivity contribution in [2.75, 3.05) is 0 Å². The van der Waals surface area contributed by atoms with Gasteiger partial charge in [-0.2, -0.15) is 0 Å². The number of rotatable bonds is 7. The molecule has 0 spiro atoms. The minimum absolute atomic E-state index is 0.00595. The van der Waals surface area contributed by atoms with Gasteiger partial charge in [-0.05, 0) is 41.9 Å². The molecule has 0 aliphatic heterocycles. The molecule has 0 heterocycles. The van der Waals surface area contributed by atoms with Gasteiger partial charge in [-0.3, -0.25) is 0 Å². The first kappa shape index (κ1) is 21.3. The molecule has 0 radical (unpaired) electrons. The molecule has 4 aromatic rings. The fourth-order valence-electron chi connectivity index (χ4n) is 4.48. The molecule has 31 heavy (non-hydrogen) atoms. The normalized spacial score (nSPS) is 12.1. The van der Waals surface area contributed by atoms with Crippen LogP contribution in [0.4, 0.5) is 0 Å². The molecule has 0 saturated heterocycles. The van der Waals surface area contributed by atoms with E-state index in [4.69, 9.17) is 4.43 Å². The minimum atomic E-state index is -1.99. The van der Waals surface area contributed by atoms with E-state index >= 15 is 0 Å². The highest BCUT2D eigenvalue weighted by Crippen LogP contribution is 2.50. The lowest BCUT2D eigenvalue weighted by Gasteiger charge is -2.46. The molecule has 0 fully saturated rings. The van der Waals surface area contributed by atoms with E-state index in [1.54, 1.807) is 0 Å². The lowest BCUT2D eigenvalue weighted by Crippen LogP contribution is -2.46. The second kappa shape index (κ2) is 9.05. The lowest BCUT2D eigenvalue weighted by atomic mass is 9.70. The smallest absolute Gasteiger partial charge is 0.185 e. The zero-order valence-electron chi connectivity index (χ0n) is 18.5. The fraction of sp³-hybridized carbons (Fsp3) is 0.172. The van der Waals surface area contributed by atoms with Gasteiger partial charge >= 0.3 is 0 Å². The standard InChI is InChI=1S/C29H30OSi/c1-31(2,3)30-29(26-20-12-6-13-21-26,27-22-14-7-15-23-27)28(24-16-8-4-9-17-24)25-18-10-5-11-19-25/h4-23,28H,1-3H3. The van der Waals surface area contributed by atoms with Gasteiger partial charge < -0.3 is 4.43 Å². The molecule has 4 rings (SSSR count). The highest BCUT2D eigenvalue weighted by molar-refractivity contribution is 6.69. The molecule has 0 saturated carbocycles. The zero-order chi connectivity index (χ0) is 21.7. The minimum Gasteiger partial charge on any atom is -0.403 e. The van der Waals surface area contributed by atoms with Crippen LogP contribution in [0, 0.1) is 0 Å². The molecule has 0 unspecified atom stereocenters. The first-order valence-electron chi connectivity index (χ1n) is 10.9. The van der Waals surface area contributed by atoms with Crippen molar-refractivity contribution >= 4 is 8.32 Å². The van der Waals surface area contributed by atoms with Crippen LogP contribution in [-0.2, 0) is 10.0 Å². The average molecular weight is 423 g/mol. The van der Waals surface area contributed by atoms with Crippen molar-refractivity contribution in [2.24, 2.45) is 0 Å². The summed E-state index contributed by atoms with van der Waals surface area (Å²) in [5.41, 5.74) is 4.22. The Morgan fingerprint density at radius 3 is 1.16 bits per heavy atom. The average Bonchev–Trinajstić information content (AvgIpc) is 2.80. The summed E-state index contributed by atoms with van der Waals surface area (Å²) in [6.07, 6.45) is 0. The Morgan fingerprint density at radius 1 is 0.516 bits per heavy atom. The van der Waals surface area contributed by atoms with Gasteiger partial charge in [0.15, 0.2) is 8.32 Å². The SMILES string of the molecule is C[Si](C)(C)OC(c1ccccc1)(c1ccccc1)C(c1ccccc1)c1ccccc1. The quantitative estimate of drug-likeness (QED) is 0.278. The summed E-state index contributed by atoms with van der Waals surface area (Å²) < 4.78 is 7.31. The number of benzene rings is 4. The zero-order valence-corrected chi connectivity index (χ0v) is 19.5. The molecule has 0 aliphatic rings. The van der Waals surface area contributed by atoms with E-state index in [0.717, 1.165) is 0 Å². The Bertz CT molecular complexity index is 992. The second-order valence-corrected chi connectivity index (χ2v) is 13.4. The van der Waals surface area contributed by atoms with Crippen molar-refractivity contribution < 1.29 is 4.43 Å². The monoisotopic (exact) mass is 422 g/mol. The molecule has 4 aromatic carbocycles. The third kappa shape index (κ3) is 4.56. The Hall–Kier alpha value is -2.94. The van der Waals surface area contributed by atoms with E-state index in [9.17, 15) is 0 Å². The predicted octanol–water partition coefficient (Wildman–Crippen LogP) is 7.61. The molecular formula is C29H30OSi. The van der Waals surface area contributed by atoms with Crippen LogP contribution in [0.2, 0.25) is 19.6 Å². The Kier molecular flexibility index (Phi) is 6.22. The van der Waals surface area contributed by atoms with Crippen LogP contribution >= 0.6 is 0 Å². The summed E-state index contributed by atoms with van der Waals surface area (Å²) in [5, 5.41) is 0. The fourth-order valence-corrected chi connectivity index (χ4v) is 5.80. The first-order valence-corrected chi connectivity index (χ1v) is 14.3. The lowest BCUT2D eigenvalue weighted by molar-refractivity contribution is 0.0831. The Labute approximate surface area is 187 Å². The molecule has 0 amide bonds. The second-order valence-electron chi connectivity index (χ2n) is 8.94. The summed E-state index contributed by atoms with van der Waals surface area (Å²) in [5.74, 6) is 0.00595. The molecule has 1 nitrogen and oxygen atoms in total. The van der Waals surface area contributed by atoms with E-state index in [1.165, 1.54) is 22.3 Å². The van der Waals surface area contributed by atoms with Crippen LogP contribution in [0.15, 0.2) is 121 Å². The summed E-state index contributed by atoms with van der Waals surface area (Å²) in [4.78, 5) is 0. The van der Waals surface area contributed by atoms with E-state index in [1.807, 2.05) is 0 Å². The van der Waals surface area contributed by atoms with Crippen molar-refractivity contribution in [1.29, 1.82) is 0 Å². The summed E-state index contributed by atoms with van der Waals surface area (Å²) in [7, 11) is -1.99. The third-order valence-electron chi connectivity index (χ3n) is 5.54. The predicted molar refractivity (Wildman–Crippen MR) is 133 cm³/mol. The van der Waals surface area contributed by atoms with E-state index < -0.39 is 13.9 Å². The topological polar surface area (TPSA) is 9.23 Å². The van der Waals surface area contributed by atoms with Crippen LogP contribution in [0.1, 0.15) is 28.2 Å². The van der Waals surface area contributed by atoms with Crippen molar-refractivity contribution in [3.8, 4) is 0 Å². The Morgan fingerprint density at radius 2 is 0.839 bits per heavy atom. The molecule has 2 heteroatoms. The van der Waals surface area contributed by atoms with Crippen molar-refractivity contribution in [3.63, 3.8) is 0 Å². The van der Waals surface area contributed by atoms with Crippen molar-refractivity contribution in [3.05, 3.63) is 144 Å². The molecule has 0 aromatic heterocycles. The number of hydrogen-bond acceptors (Lipinski definition) is 1. The summed E-state index contributed by atoms with van der Waals surface area (Å²) in [6, 6.07) is 43.1. The third-order valence-corrected chi connectivity index (χ3v) is 6.48. The van der Waals surface area contributed by atoms with Gasteiger partial charge in [0.2, 0.25) is 0 Å². The molecule has 0 bridgehead atoms. The van der Waals surface area contributed by atoms with Crippen LogP contribution in [0.25, 0.3) is 0 Å². The molecule has 156 valence electrons. The molecule has 0 N–H and O–H groups in total. The van der Waals surface area contributed by atoms with Gasteiger partial charge in [0.05, 0.1) is 0 Å². The first-order chi connectivity index (χ1) is 15.0. The Balaban J connectivity index is 2.10. The molecular weight excluding hydrogens is 392 g/mol. The van der Waals surface area contributed by atoms with Crippen LogP contribution in [-0.4, -0.2) is 8.32 Å². The van der Waals surface area contributed by atoms with Gasteiger partial charge in [0.25, 0.3) is 0 Å². The largest absolute Gasteiger partial charge is 0.403 e. The maximum absolute atomic E-state index is 7.31. The number of hydrogen-bond donors (Lipinski definition) is 0. The van der Waals surface area contributed by atoms with Gasteiger partial charge in [-0.1, -0.05) is 121 Å². The van der Waals surface area contributed by atoms with Crippen molar-refractivity contribution in [1.82, 2.24) is 0 Å². The van der Waals surface area contributed by atoms with E-state index in [2.05, 4.69) is 141 Å². The highest BCUT2D eigenvalue weighted by Gasteiger charge is 2.47.